The summed E-state index contributed by atoms with van der Waals surface area (Å²) in [6, 6.07) is 52.8. The first-order valence-electron chi connectivity index (χ1n) is 15.5. The maximum atomic E-state index is 6.52. The number of benzene rings is 7. The van der Waals surface area contributed by atoms with Crippen LogP contribution in [0.1, 0.15) is 0 Å². The second-order valence-electron chi connectivity index (χ2n) is 12.1. The molecule has 3 heteroatoms. The molecule has 11 aromatic rings. The van der Waals surface area contributed by atoms with Crippen molar-refractivity contribution in [2.24, 2.45) is 0 Å². The lowest BCUT2D eigenvalue weighted by molar-refractivity contribution is 0.669. The molecule has 0 unspecified atom stereocenters. The molecule has 0 aliphatic carbocycles. The molecule has 0 saturated carbocycles. The molecule has 0 N–H and O–H groups in total. The highest BCUT2D eigenvalue weighted by Gasteiger charge is 2.22. The predicted molar refractivity (Wildman–Crippen MR) is 189 cm³/mol. The van der Waals surface area contributed by atoms with Gasteiger partial charge in [-0.25, -0.2) is 0 Å². The van der Waals surface area contributed by atoms with Crippen LogP contribution < -0.4 is 0 Å². The Kier molecular flexibility index (Phi) is 4.32. The molecule has 0 saturated heterocycles. The fourth-order valence-electron chi connectivity index (χ4n) is 8.09. The Morgan fingerprint density at radius 1 is 0.289 bits per heavy atom. The van der Waals surface area contributed by atoms with E-state index in [1.807, 2.05) is 0 Å². The highest BCUT2D eigenvalue weighted by molar-refractivity contribution is 6.38. The Morgan fingerprint density at radius 2 is 0.756 bits per heavy atom. The Bertz CT molecular complexity index is 2920. The van der Waals surface area contributed by atoms with Gasteiger partial charge in [-0.15, -0.1) is 0 Å². The first-order chi connectivity index (χ1) is 22.3. The summed E-state index contributed by atoms with van der Waals surface area (Å²) in [4.78, 5) is 0. The second-order valence-corrected chi connectivity index (χ2v) is 12.1. The van der Waals surface area contributed by atoms with Gasteiger partial charge in [-0.05, 0) is 82.2 Å². The van der Waals surface area contributed by atoms with Gasteiger partial charge in [0.05, 0.1) is 22.1 Å². The number of hydrogen-bond donors (Lipinski definition) is 0. The van der Waals surface area contributed by atoms with Crippen molar-refractivity contribution in [3.63, 3.8) is 0 Å². The third-order valence-corrected chi connectivity index (χ3v) is 9.87. The van der Waals surface area contributed by atoms with Crippen LogP contribution >= 0.6 is 0 Å². The third kappa shape index (κ3) is 2.90. The van der Waals surface area contributed by atoms with E-state index in [1.54, 1.807) is 0 Å². The van der Waals surface area contributed by atoms with Crippen molar-refractivity contribution in [2.75, 3.05) is 0 Å². The van der Waals surface area contributed by atoms with E-state index in [0.717, 1.165) is 22.5 Å². The highest BCUT2D eigenvalue weighted by Crippen LogP contribution is 2.47. The van der Waals surface area contributed by atoms with Crippen molar-refractivity contribution < 1.29 is 4.42 Å². The zero-order valence-electron chi connectivity index (χ0n) is 24.2. The molecule has 0 amide bonds. The first-order valence-corrected chi connectivity index (χ1v) is 15.5. The van der Waals surface area contributed by atoms with Gasteiger partial charge < -0.3 is 13.6 Å². The molecular weight excluding hydrogens is 548 g/mol. The quantitative estimate of drug-likeness (QED) is 0.202. The average Bonchev–Trinajstić information content (AvgIpc) is 3.75. The van der Waals surface area contributed by atoms with Crippen LogP contribution in [0.2, 0.25) is 0 Å². The number of furan rings is 1. The smallest absolute Gasteiger partial charge is 0.136 e. The zero-order chi connectivity index (χ0) is 29.2. The van der Waals surface area contributed by atoms with Gasteiger partial charge in [-0.2, -0.15) is 0 Å². The van der Waals surface area contributed by atoms with Gasteiger partial charge in [-0.3, -0.25) is 0 Å². The van der Waals surface area contributed by atoms with Gasteiger partial charge >= 0.3 is 0 Å². The molecular formula is C42H24N2O. The van der Waals surface area contributed by atoms with Crippen molar-refractivity contribution >= 4 is 87.1 Å². The van der Waals surface area contributed by atoms with Crippen LogP contribution in [0.15, 0.2) is 150 Å². The SMILES string of the molecule is c1ccc2c(c1)c1cccc3oc4ccc5c(c4c31)c1c2cccc1n5-c1ccc(-n2c3ccccc3c3ccccc32)cc1. The Morgan fingerprint density at radius 3 is 1.42 bits per heavy atom. The fraction of sp³-hybridized carbons (Fsp3) is 0. The monoisotopic (exact) mass is 572 g/mol. The van der Waals surface area contributed by atoms with E-state index in [0.29, 0.717) is 0 Å². The summed E-state index contributed by atoms with van der Waals surface area (Å²) in [5.74, 6) is 0. The topological polar surface area (TPSA) is 23.0 Å². The van der Waals surface area contributed by atoms with Crippen LogP contribution in [0, 0.1) is 0 Å². The minimum Gasteiger partial charge on any atom is -0.456 e. The van der Waals surface area contributed by atoms with Crippen LogP contribution in [0.5, 0.6) is 0 Å². The average molecular weight is 573 g/mol. The summed E-state index contributed by atoms with van der Waals surface area (Å²) >= 11 is 0. The number of para-hydroxylation sites is 2. The van der Waals surface area contributed by atoms with E-state index in [4.69, 9.17) is 4.42 Å². The maximum absolute atomic E-state index is 6.52. The number of nitrogens with zero attached hydrogens (tertiary/aromatic N) is 2. The predicted octanol–water partition coefficient (Wildman–Crippen LogP) is 11.5. The molecule has 0 fully saturated rings. The summed E-state index contributed by atoms with van der Waals surface area (Å²) < 4.78 is 11.3. The van der Waals surface area contributed by atoms with Crippen LogP contribution in [0.3, 0.4) is 0 Å². The standard InChI is InChI=1S/C42H24N2O/c1-2-10-28-27(9-1)31-13-7-17-35-39(31)41-36(23-24-38-42(41)40-32(28)14-8-18-37(40)45-38)44(35)26-21-19-25(20-22-26)43-33-15-5-3-11-29(33)30-12-4-6-16-34(30)43/h1-24H. The number of hydrogen-bond acceptors (Lipinski definition) is 1. The molecule has 0 bridgehead atoms. The number of aromatic nitrogens is 2. The van der Waals surface area contributed by atoms with Gasteiger partial charge in [0.1, 0.15) is 11.2 Å². The van der Waals surface area contributed by atoms with Crippen LogP contribution in [0.25, 0.3) is 98.5 Å². The second kappa shape index (κ2) is 8.31. The fourth-order valence-corrected chi connectivity index (χ4v) is 8.09. The summed E-state index contributed by atoms with van der Waals surface area (Å²) in [5, 5.41) is 12.4. The minimum absolute atomic E-state index is 0.930. The van der Waals surface area contributed by atoms with Gasteiger partial charge in [0.25, 0.3) is 0 Å². The molecule has 0 spiro atoms. The largest absolute Gasteiger partial charge is 0.456 e. The van der Waals surface area contributed by atoms with Crippen LogP contribution in [0.4, 0.5) is 0 Å². The zero-order valence-corrected chi connectivity index (χ0v) is 24.2. The van der Waals surface area contributed by atoms with Crippen molar-refractivity contribution in [1.29, 1.82) is 0 Å². The molecule has 3 aromatic heterocycles. The molecule has 0 radical (unpaired) electrons. The molecule has 3 nitrogen and oxygen atoms in total. The molecule has 0 aliphatic rings. The van der Waals surface area contributed by atoms with E-state index in [2.05, 4.69) is 155 Å². The third-order valence-electron chi connectivity index (χ3n) is 9.87. The Hall–Kier alpha value is -6.06. The van der Waals surface area contributed by atoms with Crippen molar-refractivity contribution in [3.8, 4) is 11.4 Å². The Balaban J connectivity index is 1.26. The number of fused-ring (bicyclic) bond motifs is 6. The van der Waals surface area contributed by atoms with Crippen LogP contribution in [-0.2, 0) is 0 Å². The summed E-state index contributed by atoms with van der Waals surface area (Å²) in [7, 11) is 0. The lowest BCUT2D eigenvalue weighted by atomic mass is 9.95. The number of rotatable bonds is 2. The van der Waals surface area contributed by atoms with Crippen molar-refractivity contribution in [1.82, 2.24) is 9.13 Å². The van der Waals surface area contributed by atoms with E-state index in [-0.39, 0.29) is 0 Å². The van der Waals surface area contributed by atoms with E-state index >= 15 is 0 Å². The van der Waals surface area contributed by atoms with E-state index in [1.165, 1.54) is 75.9 Å². The molecule has 208 valence electrons. The minimum atomic E-state index is 0.930. The summed E-state index contributed by atoms with van der Waals surface area (Å²) in [6.07, 6.45) is 0. The summed E-state index contributed by atoms with van der Waals surface area (Å²) in [6.45, 7) is 0. The normalized spacial score (nSPS) is 12.4. The Labute approximate surface area is 257 Å². The van der Waals surface area contributed by atoms with Gasteiger partial charge in [-0.1, -0.05) is 84.9 Å². The maximum Gasteiger partial charge on any atom is 0.136 e. The van der Waals surface area contributed by atoms with Gasteiger partial charge in [0, 0.05) is 43.7 Å². The molecule has 0 aliphatic heterocycles. The first kappa shape index (κ1) is 23.4. The summed E-state index contributed by atoms with van der Waals surface area (Å²) in [5.41, 5.74) is 8.97. The molecule has 8 aromatic carbocycles. The van der Waals surface area contributed by atoms with Crippen molar-refractivity contribution in [3.05, 3.63) is 146 Å². The van der Waals surface area contributed by atoms with E-state index < -0.39 is 0 Å². The molecule has 3 heterocycles. The van der Waals surface area contributed by atoms with Crippen molar-refractivity contribution in [2.45, 2.75) is 0 Å². The molecule has 0 atom stereocenters. The van der Waals surface area contributed by atoms with E-state index in [9.17, 15) is 0 Å². The molecule has 45 heavy (non-hydrogen) atoms. The molecule has 11 rings (SSSR count). The highest BCUT2D eigenvalue weighted by atomic mass is 16.3. The lowest BCUT2D eigenvalue weighted by Gasteiger charge is -2.11. The van der Waals surface area contributed by atoms with Gasteiger partial charge in [0.15, 0.2) is 0 Å². The van der Waals surface area contributed by atoms with Gasteiger partial charge in [0.2, 0.25) is 0 Å². The lowest BCUT2D eigenvalue weighted by Crippen LogP contribution is -1.97. The van der Waals surface area contributed by atoms with Crippen LogP contribution in [-0.4, -0.2) is 9.13 Å².